The Bertz CT molecular complexity index is 331. The largest absolute Gasteiger partial charge is 0.298 e. The van der Waals surface area contributed by atoms with Crippen molar-refractivity contribution < 1.29 is 9.59 Å². The minimum Gasteiger partial charge on any atom is -0.298 e. The van der Waals surface area contributed by atoms with Gasteiger partial charge in [0.1, 0.15) is 0 Å². The quantitative estimate of drug-likeness (QED) is 0.471. The second-order valence-electron chi connectivity index (χ2n) is 2.41. The van der Waals surface area contributed by atoms with Crippen LogP contribution in [0.2, 0.25) is 0 Å². The highest BCUT2D eigenvalue weighted by Crippen LogP contribution is 2.12. The molecule has 1 aromatic carbocycles. The highest BCUT2D eigenvalue weighted by Gasteiger charge is 2.02. The van der Waals surface area contributed by atoms with E-state index in [9.17, 15) is 9.59 Å². The number of carbonyl (C=O) groups is 2. The van der Waals surface area contributed by atoms with Crippen LogP contribution in [0.3, 0.4) is 0 Å². The van der Waals surface area contributed by atoms with Crippen LogP contribution in [0, 0.1) is 3.57 Å². The second kappa shape index (κ2) is 3.80. The molecule has 0 aromatic heterocycles. The molecule has 3 heteroatoms. The Morgan fingerprint density at radius 3 is 2.67 bits per heavy atom. The van der Waals surface area contributed by atoms with Crippen molar-refractivity contribution in [2.24, 2.45) is 0 Å². The fraction of sp³-hybridized carbons (Fsp3) is 0.111. The Hall–Kier alpha value is -0.710. The number of halogens is 1. The monoisotopic (exact) mass is 274 g/mol. The average molecular weight is 274 g/mol. The zero-order valence-corrected chi connectivity index (χ0v) is 8.66. The molecule has 0 N–H and O–H groups in total. The van der Waals surface area contributed by atoms with Gasteiger partial charge in [-0.1, -0.05) is 6.07 Å². The lowest BCUT2D eigenvalue weighted by molar-refractivity contribution is 0.101. The van der Waals surface area contributed by atoms with Crippen molar-refractivity contribution in [3.05, 3.63) is 32.9 Å². The van der Waals surface area contributed by atoms with E-state index >= 15 is 0 Å². The first-order valence-electron chi connectivity index (χ1n) is 3.41. The van der Waals surface area contributed by atoms with Crippen molar-refractivity contribution >= 4 is 34.7 Å². The van der Waals surface area contributed by atoms with Crippen molar-refractivity contribution in [3.8, 4) is 0 Å². The third-order valence-corrected chi connectivity index (χ3v) is 2.51. The Morgan fingerprint density at radius 2 is 2.17 bits per heavy atom. The van der Waals surface area contributed by atoms with Gasteiger partial charge in [0.05, 0.1) is 0 Å². The van der Waals surface area contributed by atoms with Gasteiger partial charge in [-0.2, -0.15) is 0 Å². The normalized spacial score (nSPS) is 9.50. The molecular weight excluding hydrogens is 267 g/mol. The maximum absolute atomic E-state index is 10.9. The first-order chi connectivity index (χ1) is 5.65. The molecule has 0 amide bonds. The number of Topliss-reactive ketones (excluding diaryl/α,β-unsaturated/α-hetero) is 1. The summed E-state index contributed by atoms with van der Waals surface area (Å²) >= 11 is 2.06. The topological polar surface area (TPSA) is 34.1 Å². The summed E-state index contributed by atoms with van der Waals surface area (Å²) in [4.78, 5) is 21.4. The highest BCUT2D eigenvalue weighted by atomic mass is 127. The number of rotatable bonds is 2. The van der Waals surface area contributed by atoms with Gasteiger partial charge in [0.2, 0.25) is 0 Å². The fourth-order valence-corrected chi connectivity index (χ4v) is 1.32. The maximum Gasteiger partial charge on any atom is 0.159 e. The highest BCUT2D eigenvalue weighted by molar-refractivity contribution is 14.1. The number of benzene rings is 1. The SMILES string of the molecule is CC(=O)c1ccc(I)c(C=O)c1. The molecule has 0 saturated carbocycles. The van der Waals surface area contributed by atoms with E-state index in [1.165, 1.54) is 6.92 Å². The summed E-state index contributed by atoms with van der Waals surface area (Å²) in [6.07, 6.45) is 0.758. The minimum atomic E-state index is -0.0190. The number of hydrogen-bond acceptors (Lipinski definition) is 2. The summed E-state index contributed by atoms with van der Waals surface area (Å²) in [6.45, 7) is 1.48. The van der Waals surface area contributed by atoms with E-state index in [0.29, 0.717) is 11.1 Å². The lowest BCUT2D eigenvalue weighted by atomic mass is 10.1. The molecule has 0 aliphatic carbocycles. The third kappa shape index (κ3) is 1.91. The standard InChI is InChI=1S/C9H7IO2/c1-6(12)7-2-3-9(10)8(4-7)5-11/h2-5H,1H3. The number of ketones is 1. The lowest BCUT2D eigenvalue weighted by Gasteiger charge is -1.98. The zero-order chi connectivity index (χ0) is 9.14. The molecule has 0 heterocycles. The van der Waals surface area contributed by atoms with Crippen molar-refractivity contribution in [1.82, 2.24) is 0 Å². The van der Waals surface area contributed by atoms with Gasteiger partial charge in [0.25, 0.3) is 0 Å². The summed E-state index contributed by atoms with van der Waals surface area (Å²) in [5.41, 5.74) is 1.15. The first kappa shape index (κ1) is 9.38. The third-order valence-electron chi connectivity index (χ3n) is 1.53. The molecule has 0 spiro atoms. The van der Waals surface area contributed by atoms with Crippen molar-refractivity contribution in [2.45, 2.75) is 6.92 Å². The smallest absolute Gasteiger partial charge is 0.159 e. The lowest BCUT2D eigenvalue weighted by Crippen LogP contribution is -1.95. The van der Waals surface area contributed by atoms with Crippen molar-refractivity contribution in [1.29, 1.82) is 0 Å². The molecule has 1 aromatic rings. The second-order valence-corrected chi connectivity index (χ2v) is 3.57. The minimum absolute atomic E-state index is 0.0190. The van der Waals surface area contributed by atoms with Crippen LogP contribution in [0.15, 0.2) is 18.2 Å². The van der Waals surface area contributed by atoms with E-state index in [1.54, 1.807) is 18.2 Å². The van der Waals surface area contributed by atoms with Crippen LogP contribution in [-0.2, 0) is 0 Å². The molecule has 12 heavy (non-hydrogen) atoms. The van der Waals surface area contributed by atoms with Gasteiger partial charge in [0, 0.05) is 14.7 Å². The Balaban J connectivity index is 3.22. The zero-order valence-electron chi connectivity index (χ0n) is 6.50. The van der Waals surface area contributed by atoms with Crippen molar-refractivity contribution in [2.75, 3.05) is 0 Å². The van der Waals surface area contributed by atoms with Gasteiger partial charge in [-0.25, -0.2) is 0 Å². The molecule has 0 bridgehead atoms. The average Bonchev–Trinajstić information content (AvgIpc) is 2.05. The van der Waals surface area contributed by atoms with E-state index in [0.717, 1.165) is 9.86 Å². The van der Waals surface area contributed by atoms with Gasteiger partial charge in [-0.15, -0.1) is 0 Å². The van der Waals surface area contributed by atoms with E-state index < -0.39 is 0 Å². The summed E-state index contributed by atoms with van der Waals surface area (Å²) in [5, 5.41) is 0. The van der Waals surface area contributed by atoms with Gasteiger partial charge >= 0.3 is 0 Å². The van der Waals surface area contributed by atoms with E-state index in [2.05, 4.69) is 22.6 Å². The molecule has 0 aliphatic rings. The van der Waals surface area contributed by atoms with E-state index in [1.807, 2.05) is 0 Å². The van der Waals surface area contributed by atoms with Crippen LogP contribution >= 0.6 is 22.6 Å². The van der Waals surface area contributed by atoms with Gasteiger partial charge in [0.15, 0.2) is 12.1 Å². The van der Waals surface area contributed by atoms with Gasteiger partial charge in [-0.05, 0) is 41.6 Å². The summed E-state index contributed by atoms with van der Waals surface area (Å²) in [7, 11) is 0. The summed E-state index contributed by atoms with van der Waals surface area (Å²) < 4.78 is 0.868. The van der Waals surface area contributed by atoms with Crippen LogP contribution in [0.1, 0.15) is 27.6 Å². The molecule has 0 saturated heterocycles. The van der Waals surface area contributed by atoms with Crippen LogP contribution in [0.5, 0.6) is 0 Å². The molecule has 0 radical (unpaired) electrons. The number of carbonyl (C=O) groups excluding carboxylic acids is 2. The van der Waals surface area contributed by atoms with Gasteiger partial charge < -0.3 is 0 Å². The fourth-order valence-electron chi connectivity index (χ4n) is 0.853. The molecule has 0 unspecified atom stereocenters. The predicted molar refractivity (Wildman–Crippen MR) is 54.6 cm³/mol. The predicted octanol–water partition coefficient (Wildman–Crippen LogP) is 2.31. The molecule has 62 valence electrons. The molecule has 2 nitrogen and oxygen atoms in total. The van der Waals surface area contributed by atoms with Crippen LogP contribution in [0.25, 0.3) is 0 Å². The summed E-state index contributed by atoms with van der Waals surface area (Å²) in [5.74, 6) is -0.0190. The Morgan fingerprint density at radius 1 is 1.50 bits per heavy atom. The molecule has 0 aliphatic heterocycles. The molecule has 1 rings (SSSR count). The molecule has 0 atom stereocenters. The summed E-state index contributed by atoms with van der Waals surface area (Å²) in [6, 6.07) is 5.09. The maximum atomic E-state index is 10.9. The van der Waals surface area contributed by atoms with E-state index in [-0.39, 0.29) is 5.78 Å². The van der Waals surface area contributed by atoms with Gasteiger partial charge in [-0.3, -0.25) is 9.59 Å². The van der Waals surface area contributed by atoms with Crippen LogP contribution < -0.4 is 0 Å². The first-order valence-corrected chi connectivity index (χ1v) is 4.48. The van der Waals surface area contributed by atoms with Crippen LogP contribution in [-0.4, -0.2) is 12.1 Å². The Kier molecular flexibility index (Phi) is 2.97. The molecular formula is C9H7IO2. The van der Waals surface area contributed by atoms with Crippen molar-refractivity contribution in [3.63, 3.8) is 0 Å². The van der Waals surface area contributed by atoms with Crippen LogP contribution in [0.4, 0.5) is 0 Å². The van der Waals surface area contributed by atoms with E-state index in [4.69, 9.17) is 0 Å². The number of aldehydes is 1. The number of hydrogen-bond donors (Lipinski definition) is 0. The molecule has 0 fully saturated rings. The Labute approximate surface area is 84.1 Å².